The minimum atomic E-state index is -1.57. The first-order valence-corrected chi connectivity index (χ1v) is 39.4. The number of hydrogen-bond acceptors (Lipinski definition) is 34. The van der Waals surface area contributed by atoms with Gasteiger partial charge in [-0.05, 0) is 219 Å². The van der Waals surface area contributed by atoms with Crippen molar-refractivity contribution in [3.8, 4) is 0 Å². The van der Waals surface area contributed by atoms with Crippen molar-refractivity contribution in [3.05, 3.63) is 134 Å². The molecule has 18 rings (SSSR count). The molecule has 0 unspecified atom stereocenters. The Morgan fingerprint density at radius 3 is 1.24 bits per heavy atom. The second-order valence-corrected chi connectivity index (χ2v) is 32.7. The summed E-state index contributed by atoms with van der Waals surface area (Å²) in [4.78, 5) is 52.6. The van der Waals surface area contributed by atoms with Gasteiger partial charge in [0.05, 0.1) is 60.5 Å². The molecule has 650 valence electrons. The summed E-state index contributed by atoms with van der Waals surface area (Å²) in [7, 11) is -5.52. The van der Waals surface area contributed by atoms with Gasteiger partial charge in [0, 0.05) is 40.8 Å². The molecule has 16 N–H and O–H groups in total. The lowest BCUT2D eigenvalue weighted by atomic mass is 9.78. The van der Waals surface area contributed by atoms with Crippen LogP contribution in [0.4, 0.5) is 35.3 Å². The molecule has 0 radical (unpaired) electrons. The molecule has 14 aromatic rings. The first-order valence-electron chi connectivity index (χ1n) is 39.4. The summed E-state index contributed by atoms with van der Waals surface area (Å²) in [6, 6.07) is 36.6. The number of nitrogens with one attached hydrogen (secondary N) is 6. The van der Waals surface area contributed by atoms with E-state index < -0.39 is 46.8 Å². The SMILES string of the molecule is CC(=O)N[n+]1cc2ccc(B(O)O)cc2o1.CC(=O)Nc1nc2cc(B(O)O)ccc2o1.CC(=O)Nc1noc2cc(B3OC(C)(C)C(C)(C)O3)ccc12.CC(=O)Nc1noc2ccc(B(O)O)cc12.CC1(C)OB(c2ccc3onc(NC4CC4)c3c2)OC1(C)C.CNc1noc2ccc(B3OC(C)(C)C(C)(C)O3)cc12.Nc1nc2cc(B(O)O)ccc2o1. The Kier molecular flexibility index (Phi) is 27.3. The van der Waals surface area contributed by atoms with Crippen LogP contribution in [0.2, 0.25) is 0 Å². The molecule has 7 aromatic carbocycles. The fourth-order valence-corrected chi connectivity index (χ4v) is 12.4. The zero-order valence-corrected chi connectivity index (χ0v) is 71.5. The molecule has 10 heterocycles. The Labute approximate surface area is 716 Å². The average Bonchev–Trinajstić information content (AvgIpc) is 1.62. The molecule has 0 spiro atoms. The van der Waals surface area contributed by atoms with Gasteiger partial charge in [0.15, 0.2) is 56.8 Å². The van der Waals surface area contributed by atoms with Crippen molar-refractivity contribution in [2.75, 3.05) is 44.8 Å². The van der Waals surface area contributed by atoms with Gasteiger partial charge in [-0.15, -0.1) is 0 Å². The maximum Gasteiger partial charge on any atom is 0.494 e. The minimum Gasteiger partial charge on any atom is -0.424 e. The monoisotopic (exact) mass is 1720 g/mol. The average molecular weight is 1720 g/mol. The van der Waals surface area contributed by atoms with Gasteiger partial charge in [0.25, 0.3) is 18.1 Å². The first-order chi connectivity index (χ1) is 58.7. The van der Waals surface area contributed by atoms with E-state index in [0.29, 0.717) is 78.0 Å². The van der Waals surface area contributed by atoms with Gasteiger partial charge in [0.2, 0.25) is 23.3 Å². The molecule has 4 fully saturated rings. The fourth-order valence-electron chi connectivity index (χ4n) is 12.4. The van der Waals surface area contributed by atoms with Crippen LogP contribution in [0.15, 0.2) is 165 Å². The maximum absolute atomic E-state index is 11.1. The Morgan fingerprint density at radius 1 is 0.408 bits per heavy atom. The topological polar surface area (TPSA) is 557 Å². The highest BCUT2D eigenvalue weighted by molar-refractivity contribution is 6.64. The summed E-state index contributed by atoms with van der Waals surface area (Å²) in [6.45, 7) is 30.0. The van der Waals surface area contributed by atoms with E-state index in [-0.39, 0.29) is 78.1 Å². The van der Waals surface area contributed by atoms with E-state index in [4.69, 9.17) is 105 Å². The molecule has 0 bridgehead atoms. The number of hydrogen-bond donors (Lipinski definition) is 15. The highest BCUT2D eigenvalue weighted by Gasteiger charge is 2.54. The minimum absolute atomic E-state index is 0.0691. The van der Waals surface area contributed by atoms with E-state index in [9.17, 15) is 19.2 Å². The van der Waals surface area contributed by atoms with E-state index in [1.54, 1.807) is 36.5 Å². The van der Waals surface area contributed by atoms with Gasteiger partial charge in [-0.1, -0.05) is 68.5 Å². The van der Waals surface area contributed by atoms with Crippen LogP contribution in [0.5, 0.6) is 0 Å². The summed E-state index contributed by atoms with van der Waals surface area (Å²) < 4.78 is 72.7. The Morgan fingerprint density at radius 2 is 0.784 bits per heavy atom. The number of aromatic nitrogens is 7. The summed E-state index contributed by atoms with van der Waals surface area (Å²) in [6.07, 6.45) is 3.99. The van der Waals surface area contributed by atoms with E-state index >= 15 is 0 Å². The molecule has 4 aliphatic rings. The molecule has 4 amide bonds. The zero-order chi connectivity index (χ0) is 90.7. The Hall–Kier alpha value is -12.0. The van der Waals surface area contributed by atoms with Crippen molar-refractivity contribution in [3.63, 3.8) is 0 Å². The number of nitrogens with two attached hydrogens (primary N) is 1. The number of benzene rings is 7. The van der Waals surface area contributed by atoms with Crippen molar-refractivity contribution in [2.24, 2.45) is 0 Å². The number of carbonyl (C=O) groups is 4. The normalized spacial score (nSPS) is 15.9. The van der Waals surface area contributed by atoms with Crippen LogP contribution >= 0.6 is 0 Å². The third-order valence-corrected chi connectivity index (χ3v) is 21.4. The molecule has 3 aliphatic heterocycles. The smallest absolute Gasteiger partial charge is 0.424 e. The molecule has 7 aromatic heterocycles. The molecule has 1 saturated carbocycles. The Balaban J connectivity index is 0.000000134. The number of rotatable bonds is 14. The van der Waals surface area contributed by atoms with Crippen LogP contribution in [-0.2, 0) is 47.1 Å². The van der Waals surface area contributed by atoms with E-state index in [1.807, 2.05) is 111 Å². The summed E-state index contributed by atoms with van der Waals surface area (Å²) in [5, 5.41) is 105. The number of oxazole rings is 2. The molecule has 39 nitrogen and oxygen atoms in total. The van der Waals surface area contributed by atoms with Crippen molar-refractivity contribution in [1.29, 1.82) is 0 Å². The van der Waals surface area contributed by atoms with Crippen LogP contribution in [0.25, 0.3) is 77.0 Å². The molecule has 3 saturated heterocycles. The van der Waals surface area contributed by atoms with Crippen molar-refractivity contribution in [1.82, 2.24) is 30.6 Å². The quantitative estimate of drug-likeness (QED) is 0.0547. The van der Waals surface area contributed by atoms with Crippen LogP contribution in [-0.4, -0.2) is 191 Å². The fraction of sp³-hybridized carbons (Fsp3) is 0.329. The van der Waals surface area contributed by atoms with Crippen molar-refractivity contribution >= 4 is 224 Å². The molecule has 1 aliphatic carbocycles. The predicted octanol–water partition coefficient (Wildman–Crippen LogP) is 3.47. The van der Waals surface area contributed by atoms with Gasteiger partial charge in [0.1, 0.15) is 15.9 Å². The van der Waals surface area contributed by atoms with Crippen molar-refractivity contribution < 1.29 is 124 Å². The molecule has 0 atom stereocenters. The van der Waals surface area contributed by atoms with Crippen LogP contribution in [0.1, 0.15) is 124 Å². The largest absolute Gasteiger partial charge is 0.494 e. The molecule has 125 heavy (non-hydrogen) atoms. The molecule has 46 heteroatoms. The summed E-state index contributed by atoms with van der Waals surface area (Å²) in [5.74, 6) is 1.22. The van der Waals surface area contributed by atoms with Gasteiger partial charge in [-0.25, -0.2) is 4.52 Å². The van der Waals surface area contributed by atoms with E-state index in [2.05, 4.69) is 96.4 Å². The molecular weight excluding hydrogens is 1620 g/mol. The predicted molar refractivity (Wildman–Crippen MR) is 470 cm³/mol. The number of nitrogen functional groups attached to an aromatic ring is 1. The van der Waals surface area contributed by atoms with Gasteiger partial charge >= 0.3 is 55.8 Å². The number of anilines is 6. The zero-order valence-electron chi connectivity index (χ0n) is 71.5. The van der Waals surface area contributed by atoms with Crippen LogP contribution in [0.3, 0.4) is 0 Å². The second kappa shape index (κ2) is 37.0. The second-order valence-electron chi connectivity index (χ2n) is 32.7. The number of carbonyl (C=O) groups excluding carboxylic acids is 4. The maximum atomic E-state index is 11.1. The third-order valence-electron chi connectivity index (χ3n) is 21.4. The number of fused-ring (bicyclic) bond motifs is 7. The van der Waals surface area contributed by atoms with Gasteiger partial charge < -0.3 is 122 Å². The lowest BCUT2D eigenvalue weighted by Crippen LogP contribution is -2.45. The standard InChI is InChI=1S/C16H21BN2O3.C15H19BN2O4.C14H19BN2O3.3C9H9BN2O4.C7H7BN2O3/c1-15(2)16(3,4)22-17(21-15)10-5-8-13-12(9-10)14(19-20-13)18-11-6-7-11;1-9(19)17-13-11-7-6-10(8-12(11)20-18-13)16-21-14(2,3)15(4,5)22-16;1-13(2)14(3,4)20-15(19-13)9-6-7-11-10(8-9)12(16-5)17-18-11;1-6(13)11-12-5-7-2-3-8(10(14)15)4-9(7)16-12;1-5(13)11-9-12-7-4-6(10(14)15)2-3-8(7)16-9;1-5(13)11-9-7-4-6(10(14)15)2-3-8(7)16-12-9;9-7-10-5-3-4(8(11)12)1-2-6(5)13-7/h5,8-9,11H,6-7H2,1-4H3,(H,18,19);6-8H,1-5H3,(H,17,18,19);6-8H,1-5H3,(H,16,17);2-5,14-15H,1H3;2*2-4,14-15H,1H3,(H,11,12,13);1-3,11-12H,(H2,9,10)/p+1. The Bertz CT molecular complexity index is 6080. The lowest BCUT2D eigenvalue weighted by Gasteiger charge is -2.32. The highest BCUT2D eigenvalue weighted by Crippen LogP contribution is 2.40. The number of amides is 4. The first kappa shape index (κ1) is 92.2. The third kappa shape index (κ3) is 21.9. The van der Waals surface area contributed by atoms with Crippen LogP contribution < -0.4 is 80.8 Å². The molecular formula is C79H94B7N14O25+. The highest BCUT2D eigenvalue weighted by atomic mass is 16.7. The van der Waals surface area contributed by atoms with Gasteiger partial charge in [-0.3, -0.25) is 24.5 Å². The van der Waals surface area contributed by atoms with Crippen LogP contribution in [0, 0.1) is 0 Å². The summed E-state index contributed by atoms with van der Waals surface area (Å²) in [5.41, 5.74) is 14.7. The van der Waals surface area contributed by atoms with E-state index in [1.165, 1.54) is 87.8 Å². The summed E-state index contributed by atoms with van der Waals surface area (Å²) >= 11 is 0. The number of nitrogens with zero attached hydrogens (tertiary/aromatic N) is 7. The van der Waals surface area contributed by atoms with Crippen molar-refractivity contribution in [2.45, 2.75) is 163 Å². The van der Waals surface area contributed by atoms with E-state index in [0.717, 1.165) is 60.7 Å². The van der Waals surface area contributed by atoms with Gasteiger partial charge in [-0.2, -0.15) is 9.97 Å². The lowest BCUT2D eigenvalue weighted by molar-refractivity contribution is -0.816.